The number of nitrogens with zero attached hydrogens (tertiary/aromatic N) is 2. The zero-order chi connectivity index (χ0) is 23.3. The molecular formula is C25H31N3O4S. The van der Waals surface area contributed by atoms with Crippen molar-refractivity contribution in [2.24, 2.45) is 0 Å². The van der Waals surface area contributed by atoms with Crippen molar-refractivity contribution >= 4 is 27.5 Å². The maximum Gasteiger partial charge on any atom is 0.255 e. The van der Waals surface area contributed by atoms with E-state index in [1.807, 2.05) is 4.90 Å². The Morgan fingerprint density at radius 3 is 2.12 bits per heavy atom. The molecule has 0 atom stereocenters. The molecule has 0 radical (unpaired) electrons. The summed E-state index contributed by atoms with van der Waals surface area (Å²) in [6, 6.07) is 13.1. The van der Waals surface area contributed by atoms with E-state index in [9.17, 15) is 18.0 Å². The zero-order valence-corrected chi connectivity index (χ0v) is 19.6. The van der Waals surface area contributed by atoms with E-state index >= 15 is 0 Å². The first-order chi connectivity index (χ1) is 16.0. The summed E-state index contributed by atoms with van der Waals surface area (Å²) >= 11 is 0. The van der Waals surface area contributed by atoms with Crippen molar-refractivity contribution in [1.82, 2.24) is 9.21 Å². The predicted molar refractivity (Wildman–Crippen MR) is 128 cm³/mol. The Labute approximate surface area is 195 Å². The third kappa shape index (κ3) is 5.45. The second-order valence-corrected chi connectivity index (χ2v) is 10.6. The van der Waals surface area contributed by atoms with Gasteiger partial charge in [-0.25, -0.2) is 8.42 Å². The normalized spacial score (nSPS) is 17.9. The Balaban J connectivity index is 1.54. The Morgan fingerprint density at radius 2 is 1.39 bits per heavy atom. The van der Waals surface area contributed by atoms with E-state index in [0.717, 1.165) is 58.0 Å². The van der Waals surface area contributed by atoms with Crippen molar-refractivity contribution in [2.45, 2.75) is 49.8 Å². The molecule has 0 aliphatic carbocycles. The fraction of sp³-hybridized carbons (Fsp3) is 0.440. The molecule has 2 aliphatic rings. The summed E-state index contributed by atoms with van der Waals surface area (Å²) in [5, 5.41) is 2.82. The number of carbonyl (C=O) groups excluding carboxylic acids is 2. The van der Waals surface area contributed by atoms with E-state index in [-0.39, 0.29) is 16.4 Å². The van der Waals surface area contributed by atoms with E-state index in [0.29, 0.717) is 24.3 Å². The number of rotatable bonds is 5. The largest absolute Gasteiger partial charge is 0.339 e. The van der Waals surface area contributed by atoms with Crippen LogP contribution in [0.1, 0.15) is 65.7 Å². The molecule has 0 bridgehead atoms. The van der Waals surface area contributed by atoms with Gasteiger partial charge in [0.25, 0.3) is 11.8 Å². The standard InChI is InChI=1S/C25H31N3O4S/c29-24(26-23-14-5-4-13-22(23)25(30)27-15-6-3-7-16-27)20-11-10-12-21(19-20)33(31,32)28-17-8-1-2-9-18-28/h4-5,10-14,19H,1-3,6-9,15-18H2,(H,26,29). The van der Waals surface area contributed by atoms with Crippen LogP contribution in [0.15, 0.2) is 53.4 Å². The van der Waals surface area contributed by atoms with Crippen LogP contribution in [0.25, 0.3) is 0 Å². The summed E-state index contributed by atoms with van der Waals surface area (Å²) in [4.78, 5) is 28.0. The molecule has 2 saturated heterocycles. The predicted octanol–water partition coefficient (Wildman–Crippen LogP) is 4.13. The minimum atomic E-state index is -3.66. The summed E-state index contributed by atoms with van der Waals surface area (Å²) in [5.41, 5.74) is 1.12. The quantitative estimate of drug-likeness (QED) is 0.713. The van der Waals surface area contributed by atoms with Gasteiger partial charge in [0.1, 0.15) is 0 Å². The summed E-state index contributed by atoms with van der Waals surface area (Å²) < 4.78 is 27.8. The first kappa shape index (κ1) is 23.4. The molecule has 8 heteroatoms. The van der Waals surface area contributed by atoms with Crippen LogP contribution in [0, 0.1) is 0 Å². The molecule has 2 aliphatic heterocycles. The minimum Gasteiger partial charge on any atom is -0.339 e. The van der Waals surface area contributed by atoms with Gasteiger partial charge in [-0.3, -0.25) is 9.59 Å². The van der Waals surface area contributed by atoms with Gasteiger partial charge < -0.3 is 10.2 Å². The van der Waals surface area contributed by atoms with Gasteiger partial charge in [0, 0.05) is 31.7 Å². The van der Waals surface area contributed by atoms with E-state index in [4.69, 9.17) is 0 Å². The molecule has 33 heavy (non-hydrogen) atoms. The van der Waals surface area contributed by atoms with Gasteiger partial charge in [-0.15, -0.1) is 0 Å². The topological polar surface area (TPSA) is 86.8 Å². The van der Waals surface area contributed by atoms with Gasteiger partial charge in [0.15, 0.2) is 0 Å². The van der Waals surface area contributed by atoms with Crippen molar-refractivity contribution < 1.29 is 18.0 Å². The first-order valence-corrected chi connectivity index (χ1v) is 13.2. The summed E-state index contributed by atoms with van der Waals surface area (Å²) in [6.45, 7) is 2.45. The first-order valence-electron chi connectivity index (χ1n) is 11.8. The van der Waals surface area contributed by atoms with Crippen molar-refractivity contribution in [2.75, 3.05) is 31.5 Å². The molecule has 0 saturated carbocycles. The van der Waals surface area contributed by atoms with Gasteiger partial charge >= 0.3 is 0 Å². The van der Waals surface area contributed by atoms with Crippen LogP contribution >= 0.6 is 0 Å². The highest BCUT2D eigenvalue weighted by Gasteiger charge is 2.26. The van der Waals surface area contributed by atoms with Gasteiger partial charge in [-0.2, -0.15) is 4.31 Å². The van der Waals surface area contributed by atoms with Gasteiger partial charge in [-0.05, 0) is 62.4 Å². The molecule has 176 valence electrons. The van der Waals surface area contributed by atoms with Crippen LogP contribution in [0.4, 0.5) is 5.69 Å². The fourth-order valence-corrected chi connectivity index (χ4v) is 6.03. The third-order valence-electron chi connectivity index (χ3n) is 6.35. The van der Waals surface area contributed by atoms with Crippen molar-refractivity contribution in [3.63, 3.8) is 0 Å². The van der Waals surface area contributed by atoms with Gasteiger partial charge in [-0.1, -0.05) is 31.0 Å². The Bertz CT molecular complexity index is 1100. The second kappa shape index (κ2) is 10.5. The Kier molecular flexibility index (Phi) is 7.45. The molecular weight excluding hydrogens is 438 g/mol. The molecule has 0 unspecified atom stereocenters. The lowest BCUT2D eigenvalue weighted by molar-refractivity contribution is 0.0725. The number of amides is 2. The fourth-order valence-electron chi connectivity index (χ4n) is 4.47. The molecule has 2 heterocycles. The molecule has 1 N–H and O–H groups in total. The maximum absolute atomic E-state index is 13.1. The SMILES string of the molecule is O=C(Nc1ccccc1C(=O)N1CCCCC1)c1cccc(S(=O)(=O)N2CCCCCC2)c1. The number of nitrogens with one attached hydrogen (secondary N) is 1. The van der Waals surface area contributed by atoms with Gasteiger partial charge in [0.05, 0.1) is 16.1 Å². The number of hydrogen-bond donors (Lipinski definition) is 1. The van der Waals surface area contributed by atoms with Gasteiger partial charge in [0.2, 0.25) is 10.0 Å². The minimum absolute atomic E-state index is 0.0944. The number of hydrogen-bond acceptors (Lipinski definition) is 4. The van der Waals surface area contributed by atoms with Crippen LogP contribution in [0.2, 0.25) is 0 Å². The highest BCUT2D eigenvalue weighted by molar-refractivity contribution is 7.89. The number of sulfonamides is 1. The highest BCUT2D eigenvalue weighted by atomic mass is 32.2. The monoisotopic (exact) mass is 469 g/mol. The van der Waals surface area contributed by atoms with E-state index in [2.05, 4.69) is 5.32 Å². The lowest BCUT2D eigenvalue weighted by Gasteiger charge is -2.27. The maximum atomic E-state index is 13.1. The van der Waals surface area contributed by atoms with Crippen molar-refractivity contribution in [3.8, 4) is 0 Å². The Hall–Kier alpha value is -2.71. The second-order valence-electron chi connectivity index (χ2n) is 8.70. The molecule has 0 spiro atoms. The van der Waals surface area contributed by atoms with Crippen molar-refractivity contribution in [3.05, 3.63) is 59.7 Å². The van der Waals surface area contributed by atoms with Crippen LogP contribution in [-0.2, 0) is 10.0 Å². The highest BCUT2D eigenvalue weighted by Crippen LogP contribution is 2.23. The molecule has 2 fully saturated rings. The number of anilines is 1. The lowest BCUT2D eigenvalue weighted by Crippen LogP contribution is -2.36. The van der Waals surface area contributed by atoms with Crippen LogP contribution in [-0.4, -0.2) is 55.6 Å². The number of piperidine rings is 1. The van der Waals surface area contributed by atoms with E-state index < -0.39 is 15.9 Å². The number of para-hydroxylation sites is 1. The summed E-state index contributed by atoms with van der Waals surface area (Å²) in [7, 11) is -3.66. The van der Waals surface area contributed by atoms with Crippen molar-refractivity contribution in [1.29, 1.82) is 0 Å². The number of carbonyl (C=O) groups is 2. The average Bonchev–Trinajstić information content (AvgIpc) is 3.15. The Morgan fingerprint density at radius 1 is 0.758 bits per heavy atom. The molecule has 2 aromatic carbocycles. The summed E-state index contributed by atoms with van der Waals surface area (Å²) in [6.07, 6.45) is 6.85. The smallest absolute Gasteiger partial charge is 0.255 e. The van der Waals surface area contributed by atoms with Crippen LogP contribution in [0.5, 0.6) is 0 Å². The van der Waals surface area contributed by atoms with E-state index in [1.165, 1.54) is 16.4 Å². The molecule has 4 rings (SSSR count). The van der Waals surface area contributed by atoms with E-state index in [1.54, 1.807) is 36.4 Å². The summed E-state index contributed by atoms with van der Waals surface area (Å²) in [5.74, 6) is -0.537. The van der Waals surface area contributed by atoms with Crippen LogP contribution < -0.4 is 5.32 Å². The number of likely N-dealkylation sites (tertiary alicyclic amines) is 1. The number of benzene rings is 2. The molecule has 7 nitrogen and oxygen atoms in total. The zero-order valence-electron chi connectivity index (χ0n) is 18.8. The third-order valence-corrected chi connectivity index (χ3v) is 8.24. The molecule has 0 aromatic heterocycles. The molecule has 2 amide bonds. The van der Waals surface area contributed by atoms with Crippen LogP contribution in [0.3, 0.4) is 0 Å². The average molecular weight is 470 g/mol. The lowest BCUT2D eigenvalue weighted by atomic mass is 10.1. The molecule has 2 aromatic rings.